The summed E-state index contributed by atoms with van der Waals surface area (Å²) in [6, 6.07) is 15.9. The quantitative estimate of drug-likeness (QED) is 0.704. The van der Waals surface area contributed by atoms with Crippen molar-refractivity contribution in [2.24, 2.45) is 5.92 Å². The fourth-order valence-electron chi connectivity index (χ4n) is 3.92. The molecule has 1 aromatic carbocycles. The van der Waals surface area contributed by atoms with Gasteiger partial charge in [-0.15, -0.1) is 0 Å². The molecule has 0 saturated carbocycles. The summed E-state index contributed by atoms with van der Waals surface area (Å²) in [6.07, 6.45) is 3.56. The van der Waals surface area contributed by atoms with Crippen LogP contribution in [0.4, 0.5) is 5.82 Å². The van der Waals surface area contributed by atoms with Gasteiger partial charge in [0.1, 0.15) is 5.82 Å². The summed E-state index contributed by atoms with van der Waals surface area (Å²) < 4.78 is 0. The molecular weight excluding hydrogens is 376 g/mol. The molecule has 0 bridgehead atoms. The van der Waals surface area contributed by atoms with Gasteiger partial charge in [-0.3, -0.25) is 14.5 Å². The van der Waals surface area contributed by atoms with Gasteiger partial charge in [-0.2, -0.15) is 0 Å². The molecule has 1 aliphatic heterocycles. The minimum Gasteiger partial charge on any atom is -0.354 e. The Hall–Kier alpha value is -2.73. The topological polar surface area (TPSA) is 74.3 Å². The monoisotopic (exact) mass is 408 g/mol. The smallest absolute Gasteiger partial charge is 0.237 e. The molecule has 2 amide bonds. The van der Waals surface area contributed by atoms with Crippen LogP contribution in [0.1, 0.15) is 37.4 Å². The fraction of sp³-hybridized carbons (Fsp3) is 0.458. The molecule has 160 valence electrons. The van der Waals surface area contributed by atoms with Crippen LogP contribution in [-0.4, -0.2) is 47.4 Å². The van der Waals surface area contributed by atoms with Gasteiger partial charge in [0.2, 0.25) is 11.8 Å². The lowest BCUT2D eigenvalue weighted by atomic mass is 9.89. The second-order valence-corrected chi connectivity index (χ2v) is 8.10. The predicted molar refractivity (Wildman–Crippen MR) is 119 cm³/mol. The predicted octanol–water partition coefficient (Wildman–Crippen LogP) is 3.18. The van der Waals surface area contributed by atoms with E-state index in [0.29, 0.717) is 18.3 Å². The van der Waals surface area contributed by atoms with Crippen molar-refractivity contribution in [1.82, 2.24) is 15.2 Å². The van der Waals surface area contributed by atoms with E-state index in [0.717, 1.165) is 38.0 Å². The maximum atomic E-state index is 12.5. The van der Waals surface area contributed by atoms with Crippen LogP contribution in [-0.2, 0) is 16.0 Å². The molecule has 0 aliphatic carbocycles. The molecule has 0 radical (unpaired) electrons. The van der Waals surface area contributed by atoms with Crippen molar-refractivity contribution >= 4 is 17.6 Å². The Morgan fingerprint density at radius 1 is 1.10 bits per heavy atom. The number of nitrogens with one attached hydrogen (secondary N) is 2. The van der Waals surface area contributed by atoms with Crippen molar-refractivity contribution in [2.45, 2.75) is 45.6 Å². The number of aryl methyl sites for hydroxylation is 1. The van der Waals surface area contributed by atoms with Crippen LogP contribution in [0.5, 0.6) is 0 Å². The highest BCUT2D eigenvalue weighted by Crippen LogP contribution is 2.22. The number of hydrogen-bond acceptors (Lipinski definition) is 4. The summed E-state index contributed by atoms with van der Waals surface area (Å²) in [6.45, 7) is 6.02. The third kappa shape index (κ3) is 6.66. The van der Waals surface area contributed by atoms with Crippen molar-refractivity contribution in [2.75, 3.05) is 25.0 Å². The number of amides is 2. The summed E-state index contributed by atoms with van der Waals surface area (Å²) in [5, 5.41) is 5.66. The van der Waals surface area contributed by atoms with Gasteiger partial charge in [0, 0.05) is 18.7 Å². The number of hydrogen-bond donors (Lipinski definition) is 2. The number of rotatable bonds is 8. The minimum absolute atomic E-state index is 0.0158. The Morgan fingerprint density at radius 2 is 1.83 bits per heavy atom. The van der Waals surface area contributed by atoms with E-state index in [4.69, 9.17) is 0 Å². The molecule has 1 saturated heterocycles. The Balaban J connectivity index is 1.35. The second-order valence-electron chi connectivity index (χ2n) is 8.10. The minimum atomic E-state index is -0.177. The molecule has 6 nitrogen and oxygen atoms in total. The molecule has 3 rings (SSSR count). The number of nitrogens with zero attached hydrogens (tertiary/aromatic N) is 2. The van der Waals surface area contributed by atoms with Crippen LogP contribution >= 0.6 is 0 Å². The lowest BCUT2D eigenvalue weighted by Gasteiger charge is -2.35. The maximum Gasteiger partial charge on any atom is 0.237 e. The molecule has 1 aromatic heterocycles. The van der Waals surface area contributed by atoms with Crippen LogP contribution < -0.4 is 10.6 Å². The molecule has 1 aliphatic rings. The lowest BCUT2D eigenvalue weighted by molar-refractivity contribution is -0.126. The van der Waals surface area contributed by atoms with Gasteiger partial charge < -0.3 is 10.6 Å². The van der Waals surface area contributed by atoms with Gasteiger partial charge in [0.05, 0.1) is 6.04 Å². The summed E-state index contributed by atoms with van der Waals surface area (Å²) in [5.41, 5.74) is 2.24. The molecule has 1 atom stereocenters. The van der Waals surface area contributed by atoms with Crippen LogP contribution in [0.15, 0.2) is 48.5 Å². The first kappa shape index (κ1) is 22.0. The first-order valence-corrected chi connectivity index (χ1v) is 10.8. The number of benzene rings is 1. The summed E-state index contributed by atoms with van der Waals surface area (Å²) in [5.74, 6) is 1.05. The van der Waals surface area contributed by atoms with Crippen LogP contribution in [0.3, 0.4) is 0 Å². The Bertz CT molecular complexity index is 832. The standard InChI is InChI=1S/C24H32N4O2/c1-18-7-6-10-22(26-18)27-23(29)11-14-25-24(30)19(2)28-15-12-21(13-16-28)17-20-8-4-3-5-9-20/h3-10,19,21H,11-17H2,1-2H3,(H,25,30)(H,26,27,29). The number of likely N-dealkylation sites (tertiary alicyclic amines) is 1. The third-order valence-corrected chi connectivity index (χ3v) is 5.75. The van der Waals surface area contributed by atoms with Crippen LogP contribution in [0, 0.1) is 12.8 Å². The summed E-state index contributed by atoms with van der Waals surface area (Å²) in [4.78, 5) is 31.0. The Labute approximate surface area is 179 Å². The SMILES string of the molecule is Cc1cccc(NC(=O)CCNC(=O)C(C)N2CCC(Cc3ccccc3)CC2)n1. The molecular formula is C24H32N4O2. The largest absolute Gasteiger partial charge is 0.354 e. The number of carbonyl (C=O) groups is 2. The summed E-state index contributed by atoms with van der Waals surface area (Å²) >= 11 is 0. The van der Waals surface area contributed by atoms with E-state index >= 15 is 0 Å². The second kappa shape index (κ2) is 10.9. The lowest BCUT2D eigenvalue weighted by Crippen LogP contribution is -2.48. The molecule has 2 aromatic rings. The highest BCUT2D eigenvalue weighted by molar-refractivity contribution is 5.90. The van der Waals surface area contributed by atoms with E-state index < -0.39 is 0 Å². The first-order valence-electron chi connectivity index (χ1n) is 10.8. The van der Waals surface area contributed by atoms with Crippen LogP contribution in [0.25, 0.3) is 0 Å². The average molecular weight is 409 g/mol. The third-order valence-electron chi connectivity index (χ3n) is 5.75. The van der Waals surface area contributed by atoms with E-state index in [1.54, 1.807) is 6.07 Å². The van der Waals surface area contributed by atoms with E-state index in [-0.39, 0.29) is 24.3 Å². The van der Waals surface area contributed by atoms with Crippen molar-refractivity contribution in [3.63, 3.8) is 0 Å². The first-order chi connectivity index (χ1) is 14.5. The molecule has 1 unspecified atom stereocenters. The maximum absolute atomic E-state index is 12.5. The zero-order valence-electron chi connectivity index (χ0n) is 17.9. The van der Waals surface area contributed by atoms with Gasteiger partial charge in [0.25, 0.3) is 0 Å². The highest BCUT2D eigenvalue weighted by atomic mass is 16.2. The summed E-state index contributed by atoms with van der Waals surface area (Å²) in [7, 11) is 0. The molecule has 1 fully saturated rings. The van der Waals surface area contributed by atoms with Gasteiger partial charge in [-0.05, 0) is 69.8 Å². The van der Waals surface area contributed by atoms with E-state index in [1.165, 1.54) is 5.56 Å². The Kier molecular flexibility index (Phi) is 7.97. The van der Waals surface area contributed by atoms with Crippen molar-refractivity contribution < 1.29 is 9.59 Å². The normalized spacial score (nSPS) is 16.1. The van der Waals surface area contributed by atoms with Crippen molar-refractivity contribution in [1.29, 1.82) is 0 Å². The zero-order valence-corrected chi connectivity index (χ0v) is 17.9. The number of carbonyl (C=O) groups excluding carboxylic acids is 2. The molecule has 0 spiro atoms. The Morgan fingerprint density at radius 3 is 2.53 bits per heavy atom. The zero-order chi connectivity index (χ0) is 21.3. The van der Waals surface area contributed by atoms with Crippen molar-refractivity contribution in [3.05, 3.63) is 59.8 Å². The fourth-order valence-corrected chi connectivity index (χ4v) is 3.92. The average Bonchev–Trinajstić information content (AvgIpc) is 2.74. The number of aromatic nitrogens is 1. The molecule has 30 heavy (non-hydrogen) atoms. The number of anilines is 1. The number of pyridine rings is 1. The van der Waals surface area contributed by atoms with E-state index in [9.17, 15) is 9.59 Å². The number of piperidine rings is 1. The van der Waals surface area contributed by atoms with E-state index in [1.807, 2.05) is 26.0 Å². The van der Waals surface area contributed by atoms with Crippen molar-refractivity contribution in [3.8, 4) is 0 Å². The van der Waals surface area contributed by atoms with Gasteiger partial charge in [-0.1, -0.05) is 36.4 Å². The van der Waals surface area contributed by atoms with E-state index in [2.05, 4.69) is 50.8 Å². The highest BCUT2D eigenvalue weighted by Gasteiger charge is 2.26. The molecule has 2 N–H and O–H groups in total. The molecule has 6 heteroatoms. The molecule has 2 heterocycles. The van der Waals surface area contributed by atoms with Gasteiger partial charge >= 0.3 is 0 Å². The van der Waals surface area contributed by atoms with Crippen LogP contribution in [0.2, 0.25) is 0 Å². The van der Waals surface area contributed by atoms with Gasteiger partial charge in [0.15, 0.2) is 0 Å². The van der Waals surface area contributed by atoms with Gasteiger partial charge in [-0.25, -0.2) is 4.98 Å².